The molecule has 0 atom stereocenters. The predicted molar refractivity (Wildman–Crippen MR) is 140 cm³/mol. The second kappa shape index (κ2) is 9.05. The van der Waals surface area contributed by atoms with E-state index in [4.69, 9.17) is 0 Å². The van der Waals surface area contributed by atoms with Crippen LogP contribution in [0.15, 0.2) is 39.5 Å². The number of benzene rings is 1. The van der Waals surface area contributed by atoms with Crippen molar-refractivity contribution in [2.24, 2.45) is 0 Å². The van der Waals surface area contributed by atoms with E-state index in [0.717, 1.165) is 37.0 Å². The number of rotatable bonds is 7. The Balaban J connectivity index is 1.52. The summed E-state index contributed by atoms with van der Waals surface area (Å²) in [5.74, 6) is -0.126. The van der Waals surface area contributed by atoms with Gasteiger partial charge >= 0.3 is 10.2 Å². The first kappa shape index (κ1) is 27.1. The lowest BCUT2D eigenvalue weighted by atomic mass is 9.92. The number of aromatic nitrogens is 4. The molecule has 0 spiro atoms. The zero-order chi connectivity index (χ0) is 28.1. The standard InChI is InChI=1S/C24H28F5N7O2S/c1-2-19-22(34-12-10-30-11-13-34)23(38)36-24(32-20(33-36)14-16-4-3-5-16)35(19)15-21(37)31-17-6-8-18(9-7-17)39(25,26,27,28)29/h6-9,14,30H,2-5,10-13,15H2,1H3,(H,31,37). The Labute approximate surface area is 220 Å². The summed E-state index contributed by atoms with van der Waals surface area (Å²) >= 11 is 0. The molecule has 1 amide bonds. The number of nitrogens with one attached hydrogen (secondary N) is 2. The van der Waals surface area contributed by atoms with Crippen molar-refractivity contribution in [3.8, 4) is 0 Å². The van der Waals surface area contributed by atoms with Crippen molar-refractivity contribution in [1.29, 1.82) is 0 Å². The van der Waals surface area contributed by atoms with Crippen molar-refractivity contribution >= 4 is 39.4 Å². The van der Waals surface area contributed by atoms with Gasteiger partial charge in [-0.25, -0.2) is 0 Å². The molecule has 2 fully saturated rings. The maximum Gasteiger partial charge on any atom is 0.310 e. The molecule has 1 aliphatic carbocycles. The van der Waals surface area contributed by atoms with Crippen LogP contribution in [0.1, 0.15) is 37.7 Å². The summed E-state index contributed by atoms with van der Waals surface area (Å²) in [6.07, 6.45) is 5.14. The lowest BCUT2D eigenvalue weighted by Crippen LogP contribution is -2.47. The maximum atomic E-state index is 13.6. The van der Waals surface area contributed by atoms with Gasteiger partial charge in [0.1, 0.15) is 17.1 Å². The summed E-state index contributed by atoms with van der Waals surface area (Å²) in [4.78, 5) is 31.1. The SMILES string of the molecule is CCc1c(N2CCNCC2)c(=O)n2nc(C=C3CCC3)nc2n1CC(=O)Nc1ccc(S(F)(F)(F)(F)F)cc1. The minimum atomic E-state index is -9.83. The van der Waals surface area contributed by atoms with E-state index < -0.39 is 21.0 Å². The summed E-state index contributed by atoms with van der Waals surface area (Å²) in [5, 5.41) is 10.1. The van der Waals surface area contributed by atoms with Crippen molar-refractivity contribution < 1.29 is 24.2 Å². The Morgan fingerprint density at radius 2 is 1.77 bits per heavy atom. The number of hydrogen-bond acceptors (Lipinski definition) is 6. The van der Waals surface area contributed by atoms with Crippen LogP contribution >= 0.6 is 10.2 Å². The van der Waals surface area contributed by atoms with E-state index in [1.807, 2.05) is 17.9 Å². The first-order chi connectivity index (χ1) is 18.2. The highest BCUT2D eigenvalue weighted by atomic mass is 32.5. The summed E-state index contributed by atoms with van der Waals surface area (Å²) in [6, 6.07) is 2.04. The Morgan fingerprint density at radius 1 is 1.10 bits per heavy atom. The zero-order valence-electron chi connectivity index (χ0n) is 21.1. The lowest BCUT2D eigenvalue weighted by molar-refractivity contribution is -0.116. The van der Waals surface area contributed by atoms with Crippen LogP contribution in [0.2, 0.25) is 0 Å². The average Bonchev–Trinajstić information content (AvgIpc) is 3.27. The number of allylic oxidation sites excluding steroid dienone is 1. The normalized spacial score (nSPS) is 17.9. The monoisotopic (exact) mass is 573 g/mol. The van der Waals surface area contributed by atoms with E-state index in [1.54, 1.807) is 4.57 Å². The van der Waals surface area contributed by atoms with E-state index in [0.29, 0.717) is 49.8 Å². The number of amides is 1. The van der Waals surface area contributed by atoms with E-state index >= 15 is 0 Å². The van der Waals surface area contributed by atoms with Crippen LogP contribution in [0.25, 0.3) is 11.9 Å². The third kappa shape index (κ3) is 5.64. The van der Waals surface area contributed by atoms with Gasteiger partial charge in [-0.1, -0.05) is 31.9 Å². The first-order valence-electron chi connectivity index (χ1n) is 12.5. The van der Waals surface area contributed by atoms with E-state index in [1.165, 1.54) is 4.52 Å². The van der Waals surface area contributed by atoms with E-state index in [2.05, 4.69) is 20.7 Å². The van der Waals surface area contributed by atoms with Gasteiger partial charge in [-0.3, -0.25) is 9.59 Å². The molecule has 1 aromatic carbocycles. The van der Waals surface area contributed by atoms with Crippen LogP contribution in [-0.4, -0.2) is 51.3 Å². The first-order valence-corrected chi connectivity index (χ1v) is 14.5. The summed E-state index contributed by atoms with van der Waals surface area (Å²) < 4.78 is 68.0. The highest BCUT2D eigenvalue weighted by Gasteiger charge is 2.65. The average molecular weight is 574 g/mol. The molecule has 0 radical (unpaired) electrons. The fraction of sp³-hybridized carbons (Fsp3) is 0.417. The fourth-order valence-corrected chi connectivity index (χ4v) is 5.39. The van der Waals surface area contributed by atoms with Crippen LogP contribution in [0.5, 0.6) is 0 Å². The fourth-order valence-electron chi connectivity index (χ4n) is 4.74. The predicted octanol–water partition coefficient (Wildman–Crippen LogP) is 4.73. The molecule has 5 rings (SSSR count). The molecule has 2 aromatic heterocycles. The van der Waals surface area contributed by atoms with Crippen molar-refractivity contribution in [2.45, 2.75) is 44.0 Å². The molecule has 1 aliphatic heterocycles. The van der Waals surface area contributed by atoms with Gasteiger partial charge in [0.05, 0.1) is 5.69 Å². The van der Waals surface area contributed by atoms with Gasteiger partial charge in [0.15, 0.2) is 5.82 Å². The van der Waals surface area contributed by atoms with Crippen molar-refractivity contribution in [3.05, 3.63) is 51.7 Å². The third-order valence-corrected chi connectivity index (χ3v) is 7.99. The molecular weight excluding hydrogens is 545 g/mol. The highest BCUT2D eigenvalue weighted by Crippen LogP contribution is 3.02. The molecule has 2 aliphatic rings. The minimum Gasteiger partial charge on any atom is -0.363 e. The smallest absolute Gasteiger partial charge is 0.310 e. The Kier molecular flexibility index (Phi) is 6.29. The van der Waals surface area contributed by atoms with Gasteiger partial charge < -0.3 is 20.1 Å². The second-order valence-corrected chi connectivity index (χ2v) is 12.1. The molecule has 0 unspecified atom stereocenters. The topological polar surface area (TPSA) is 96.6 Å². The zero-order valence-corrected chi connectivity index (χ0v) is 21.9. The Morgan fingerprint density at radius 3 is 2.33 bits per heavy atom. The lowest BCUT2D eigenvalue weighted by Gasteiger charge is -2.40. The van der Waals surface area contributed by atoms with E-state index in [-0.39, 0.29) is 35.7 Å². The van der Waals surface area contributed by atoms with Crippen molar-refractivity contribution in [2.75, 3.05) is 36.4 Å². The molecule has 3 aromatic rings. The number of hydrogen-bond donors (Lipinski definition) is 2. The van der Waals surface area contributed by atoms with E-state index in [9.17, 15) is 29.0 Å². The minimum absolute atomic E-state index is 0.0834. The van der Waals surface area contributed by atoms with Crippen LogP contribution in [-0.2, 0) is 17.8 Å². The summed E-state index contributed by atoms with van der Waals surface area (Å²) in [5.41, 5.74) is 1.71. The Bertz CT molecular complexity index is 1520. The van der Waals surface area contributed by atoms with Gasteiger partial charge in [-0.05, 0) is 56.0 Å². The van der Waals surface area contributed by atoms with Crippen LogP contribution in [0.3, 0.4) is 0 Å². The molecule has 3 heterocycles. The van der Waals surface area contributed by atoms with Gasteiger partial charge in [-0.15, -0.1) is 5.10 Å². The van der Waals surface area contributed by atoms with Gasteiger partial charge in [0.2, 0.25) is 11.7 Å². The quantitative estimate of drug-likeness (QED) is 0.397. The number of carbonyl (C=O) groups excluding carboxylic acids is 1. The maximum absolute atomic E-state index is 13.6. The van der Waals surface area contributed by atoms with Crippen molar-refractivity contribution in [1.82, 2.24) is 24.5 Å². The third-order valence-electron chi connectivity index (χ3n) is 6.82. The molecule has 0 bridgehead atoms. The number of halogens is 5. The number of carbonyl (C=O) groups is 1. The van der Waals surface area contributed by atoms with Crippen LogP contribution < -0.4 is 21.1 Å². The Hall–Kier alpha value is -3.46. The molecule has 1 saturated heterocycles. The number of fused-ring (bicyclic) bond motifs is 1. The molecule has 9 nitrogen and oxygen atoms in total. The number of anilines is 2. The number of piperazine rings is 1. The molecule has 212 valence electrons. The van der Waals surface area contributed by atoms with Crippen LogP contribution in [0.4, 0.5) is 30.8 Å². The second-order valence-electron chi connectivity index (χ2n) is 9.66. The summed E-state index contributed by atoms with van der Waals surface area (Å²) in [6.45, 7) is 4.01. The molecule has 1 saturated carbocycles. The molecule has 2 N–H and O–H groups in total. The largest absolute Gasteiger partial charge is 0.363 e. The highest BCUT2D eigenvalue weighted by molar-refractivity contribution is 8.45. The van der Waals surface area contributed by atoms with Crippen molar-refractivity contribution in [3.63, 3.8) is 0 Å². The summed E-state index contributed by atoms with van der Waals surface area (Å²) in [7, 11) is -9.83. The number of nitrogens with zero attached hydrogens (tertiary/aromatic N) is 5. The van der Waals surface area contributed by atoms with Gasteiger partial charge in [-0.2, -0.15) is 9.50 Å². The van der Waals surface area contributed by atoms with Gasteiger partial charge in [0.25, 0.3) is 5.56 Å². The van der Waals surface area contributed by atoms with Crippen LogP contribution in [0, 0.1) is 0 Å². The van der Waals surface area contributed by atoms with Gasteiger partial charge in [0, 0.05) is 31.9 Å². The molecule has 15 heteroatoms. The molecular formula is C24H28F5N7O2S. The molecule has 39 heavy (non-hydrogen) atoms.